The van der Waals surface area contributed by atoms with Crippen molar-refractivity contribution >= 4 is 23.2 Å². The summed E-state index contributed by atoms with van der Waals surface area (Å²) in [5.74, 6) is 1.25. The minimum Gasteiger partial charge on any atom is -0.479 e. The molecule has 7 heteroatoms. The van der Waals surface area contributed by atoms with E-state index in [0.717, 1.165) is 0 Å². The second kappa shape index (κ2) is 6.34. The highest BCUT2D eigenvalue weighted by Crippen LogP contribution is 2.31. The largest absolute Gasteiger partial charge is 0.479 e. The molecule has 2 aromatic heterocycles. The normalized spacial score (nSPS) is 12.1. The summed E-state index contributed by atoms with van der Waals surface area (Å²) in [6.07, 6.45) is 1.21. The minimum absolute atomic E-state index is 0.340. The van der Waals surface area contributed by atoms with Gasteiger partial charge in [0.05, 0.1) is 5.02 Å². The number of hydrogen-bond acceptors (Lipinski definition) is 5. The van der Waals surface area contributed by atoms with Gasteiger partial charge in [-0.05, 0) is 37.3 Å². The van der Waals surface area contributed by atoms with Crippen molar-refractivity contribution in [2.24, 2.45) is 0 Å². The quantitative estimate of drug-likeness (QED) is 0.698. The van der Waals surface area contributed by atoms with Gasteiger partial charge in [-0.1, -0.05) is 34.4 Å². The lowest BCUT2D eigenvalue weighted by molar-refractivity contribution is 0.176. The van der Waals surface area contributed by atoms with Crippen LogP contribution in [-0.4, -0.2) is 15.1 Å². The average molecular weight is 336 g/mol. The number of pyridine rings is 1. The van der Waals surface area contributed by atoms with E-state index >= 15 is 0 Å². The van der Waals surface area contributed by atoms with Crippen LogP contribution in [0.5, 0.6) is 5.75 Å². The van der Waals surface area contributed by atoms with E-state index in [0.29, 0.717) is 33.2 Å². The van der Waals surface area contributed by atoms with Crippen LogP contribution in [0.2, 0.25) is 10.0 Å². The Morgan fingerprint density at radius 1 is 1.18 bits per heavy atom. The lowest BCUT2D eigenvalue weighted by atomic mass is 10.3. The van der Waals surface area contributed by atoms with E-state index in [2.05, 4.69) is 15.1 Å². The second-order valence-corrected chi connectivity index (χ2v) is 5.35. The highest BCUT2D eigenvalue weighted by Gasteiger charge is 2.18. The molecule has 0 bridgehead atoms. The topological polar surface area (TPSA) is 61.0 Å². The van der Waals surface area contributed by atoms with Gasteiger partial charge in [-0.15, -0.1) is 0 Å². The molecule has 0 aliphatic heterocycles. The summed E-state index contributed by atoms with van der Waals surface area (Å²) in [5, 5.41) is 4.87. The first-order valence-corrected chi connectivity index (χ1v) is 7.26. The standard InChI is InChI=1S/C15H11Cl2N3O2/c1-9(21-13-6-5-10(16)8-11(13)17)15-19-14(20-22-15)12-4-2-3-7-18-12/h2-9H,1H3/t9-/m1/s1. The van der Waals surface area contributed by atoms with E-state index in [1.165, 1.54) is 0 Å². The molecule has 0 saturated heterocycles. The van der Waals surface area contributed by atoms with Gasteiger partial charge in [0.2, 0.25) is 5.82 Å². The second-order valence-electron chi connectivity index (χ2n) is 4.51. The Hall–Kier alpha value is -2.11. The van der Waals surface area contributed by atoms with Gasteiger partial charge in [0.1, 0.15) is 11.4 Å². The zero-order valence-electron chi connectivity index (χ0n) is 11.5. The molecule has 0 aliphatic rings. The zero-order valence-corrected chi connectivity index (χ0v) is 13.0. The van der Waals surface area contributed by atoms with Gasteiger partial charge < -0.3 is 9.26 Å². The van der Waals surface area contributed by atoms with Crippen LogP contribution in [0.15, 0.2) is 47.1 Å². The molecule has 0 fully saturated rings. The van der Waals surface area contributed by atoms with E-state index in [4.69, 9.17) is 32.5 Å². The van der Waals surface area contributed by atoms with Crippen molar-refractivity contribution < 1.29 is 9.26 Å². The summed E-state index contributed by atoms with van der Waals surface area (Å²) in [6.45, 7) is 1.79. The molecule has 5 nitrogen and oxygen atoms in total. The fraction of sp³-hybridized carbons (Fsp3) is 0.133. The lowest BCUT2D eigenvalue weighted by Gasteiger charge is -2.12. The van der Waals surface area contributed by atoms with Gasteiger partial charge in [0.15, 0.2) is 6.10 Å². The molecular weight excluding hydrogens is 325 g/mol. The van der Waals surface area contributed by atoms with Crippen molar-refractivity contribution in [1.29, 1.82) is 0 Å². The summed E-state index contributed by atoms with van der Waals surface area (Å²) in [4.78, 5) is 8.46. The van der Waals surface area contributed by atoms with E-state index < -0.39 is 6.10 Å². The fourth-order valence-corrected chi connectivity index (χ4v) is 2.26. The van der Waals surface area contributed by atoms with E-state index in [1.807, 2.05) is 12.1 Å². The Morgan fingerprint density at radius 3 is 2.77 bits per heavy atom. The van der Waals surface area contributed by atoms with E-state index in [-0.39, 0.29) is 0 Å². The van der Waals surface area contributed by atoms with Crippen molar-refractivity contribution in [3.8, 4) is 17.3 Å². The lowest BCUT2D eigenvalue weighted by Crippen LogP contribution is -2.04. The van der Waals surface area contributed by atoms with Crippen LogP contribution in [0, 0.1) is 0 Å². The summed E-state index contributed by atoms with van der Waals surface area (Å²) < 4.78 is 10.9. The van der Waals surface area contributed by atoms with Crippen molar-refractivity contribution in [3.63, 3.8) is 0 Å². The minimum atomic E-state index is -0.455. The average Bonchev–Trinajstić information content (AvgIpc) is 3.01. The third-order valence-electron chi connectivity index (χ3n) is 2.88. The van der Waals surface area contributed by atoms with Crippen molar-refractivity contribution in [2.45, 2.75) is 13.0 Å². The maximum Gasteiger partial charge on any atom is 0.267 e. The maximum atomic E-state index is 6.08. The predicted molar refractivity (Wildman–Crippen MR) is 83.0 cm³/mol. The van der Waals surface area contributed by atoms with Crippen molar-refractivity contribution in [2.75, 3.05) is 0 Å². The van der Waals surface area contributed by atoms with Gasteiger partial charge >= 0.3 is 0 Å². The molecule has 3 aromatic rings. The third kappa shape index (κ3) is 3.21. The van der Waals surface area contributed by atoms with Gasteiger partial charge in [0.25, 0.3) is 5.89 Å². The number of aromatic nitrogens is 3. The first kappa shape index (κ1) is 14.8. The molecule has 22 heavy (non-hydrogen) atoms. The smallest absolute Gasteiger partial charge is 0.267 e. The van der Waals surface area contributed by atoms with Crippen LogP contribution in [0.4, 0.5) is 0 Å². The van der Waals surface area contributed by atoms with Crippen LogP contribution in [0.1, 0.15) is 18.9 Å². The molecule has 0 aliphatic carbocycles. The van der Waals surface area contributed by atoms with Gasteiger partial charge in [-0.25, -0.2) is 0 Å². The molecule has 2 heterocycles. The molecular formula is C15H11Cl2N3O2. The van der Waals surface area contributed by atoms with Crippen LogP contribution in [0.3, 0.4) is 0 Å². The maximum absolute atomic E-state index is 6.08. The Balaban J connectivity index is 1.78. The van der Waals surface area contributed by atoms with Crippen LogP contribution in [-0.2, 0) is 0 Å². The van der Waals surface area contributed by atoms with Crippen molar-refractivity contribution in [1.82, 2.24) is 15.1 Å². The molecule has 0 radical (unpaired) electrons. The van der Waals surface area contributed by atoms with E-state index in [1.54, 1.807) is 37.4 Å². The summed E-state index contributed by atoms with van der Waals surface area (Å²) in [6, 6.07) is 10.5. The molecule has 0 amide bonds. The molecule has 0 N–H and O–H groups in total. The Bertz CT molecular complexity index is 777. The van der Waals surface area contributed by atoms with Crippen LogP contribution in [0.25, 0.3) is 11.5 Å². The first-order chi connectivity index (χ1) is 10.6. The van der Waals surface area contributed by atoms with Crippen LogP contribution >= 0.6 is 23.2 Å². The summed E-state index contributed by atoms with van der Waals surface area (Å²) in [5.41, 5.74) is 0.634. The van der Waals surface area contributed by atoms with E-state index in [9.17, 15) is 0 Å². The summed E-state index contributed by atoms with van der Waals surface area (Å²) in [7, 11) is 0. The SMILES string of the molecule is C[C@@H](Oc1ccc(Cl)cc1Cl)c1nc(-c2ccccn2)no1. The first-order valence-electron chi connectivity index (χ1n) is 6.50. The highest BCUT2D eigenvalue weighted by atomic mass is 35.5. The molecule has 1 atom stereocenters. The van der Waals surface area contributed by atoms with Crippen LogP contribution < -0.4 is 4.74 Å². The molecule has 0 spiro atoms. The number of rotatable bonds is 4. The summed E-state index contributed by atoms with van der Waals surface area (Å²) >= 11 is 11.9. The Labute approximate surface area is 136 Å². The molecule has 3 rings (SSSR count). The number of ether oxygens (including phenoxy) is 1. The molecule has 0 unspecified atom stereocenters. The number of benzene rings is 1. The van der Waals surface area contributed by atoms with Gasteiger partial charge in [-0.3, -0.25) is 4.98 Å². The van der Waals surface area contributed by atoms with Gasteiger partial charge in [0, 0.05) is 11.2 Å². The number of nitrogens with zero attached hydrogens (tertiary/aromatic N) is 3. The van der Waals surface area contributed by atoms with Gasteiger partial charge in [-0.2, -0.15) is 4.98 Å². The fourth-order valence-electron chi connectivity index (χ4n) is 1.81. The number of halogens is 2. The third-order valence-corrected chi connectivity index (χ3v) is 3.41. The Kier molecular flexibility index (Phi) is 4.27. The molecule has 112 valence electrons. The monoisotopic (exact) mass is 335 g/mol. The number of hydrogen-bond donors (Lipinski definition) is 0. The molecule has 0 saturated carbocycles. The predicted octanol–water partition coefficient (Wildman–Crippen LogP) is 4.58. The Morgan fingerprint density at radius 2 is 2.05 bits per heavy atom. The zero-order chi connectivity index (χ0) is 15.5. The van der Waals surface area contributed by atoms with Crippen molar-refractivity contribution in [3.05, 3.63) is 58.5 Å². The highest BCUT2D eigenvalue weighted by molar-refractivity contribution is 6.35. The molecule has 1 aromatic carbocycles.